The van der Waals surface area contributed by atoms with Crippen molar-refractivity contribution in [2.75, 3.05) is 0 Å². The summed E-state index contributed by atoms with van der Waals surface area (Å²) in [5, 5.41) is 3.50. The second kappa shape index (κ2) is 4.39. The van der Waals surface area contributed by atoms with E-state index in [1.807, 2.05) is 19.1 Å². The van der Waals surface area contributed by atoms with Gasteiger partial charge >= 0.3 is 0 Å². The third-order valence-corrected chi connectivity index (χ3v) is 4.74. The third kappa shape index (κ3) is 1.87. The van der Waals surface area contributed by atoms with Gasteiger partial charge in [-0.2, -0.15) is 0 Å². The van der Waals surface area contributed by atoms with Gasteiger partial charge in [0.1, 0.15) is 0 Å². The molecule has 0 saturated heterocycles. The maximum Gasteiger partial charge on any atom is 0.165 e. The molecule has 1 aliphatic rings. The van der Waals surface area contributed by atoms with Gasteiger partial charge in [-0.25, -0.2) is 0 Å². The highest BCUT2D eigenvalue weighted by Crippen LogP contribution is 2.40. The Morgan fingerprint density at radius 2 is 1.77 bits per heavy atom. The van der Waals surface area contributed by atoms with Crippen LogP contribution < -0.4 is 0 Å². The lowest BCUT2D eigenvalue weighted by atomic mass is 9.72. The molecule has 22 heavy (non-hydrogen) atoms. The minimum atomic E-state index is 0.0243. The van der Waals surface area contributed by atoms with Crippen LogP contribution in [0, 0.1) is 12.3 Å². The zero-order valence-electron chi connectivity index (χ0n) is 13.2. The van der Waals surface area contributed by atoms with Crippen molar-refractivity contribution in [1.82, 2.24) is 4.98 Å². The van der Waals surface area contributed by atoms with E-state index in [1.54, 1.807) is 0 Å². The molecule has 0 spiro atoms. The first-order valence-electron chi connectivity index (χ1n) is 7.80. The van der Waals surface area contributed by atoms with Crippen LogP contribution in [0.5, 0.6) is 0 Å². The van der Waals surface area contributed by atoms with Crippen molar-refractivity contribution in [3.8, 4) is 0 Å². The Hall–Kier alpha value is -2.22. The van der Waals surface area contributed by atoms with Crippen LogP contribution >= 0.6 is 0 Å². The van der Waals surface area contributed by atoms with Crippen molar-refractivity contribution >= 4 is 27.5 Å². The van der Waals surface area contributed by atoms with E-state index in [9.17, 15) is 4.79 Å². The number of ketones is 1. The van der Waals surface area contributed by atoms with E-state index < -0.39 is 0 Å². The van der Waals surface area contributed by atoms with Crippen molar-refractivity contribution in [3.63, 3.8) is 0 Å². The summed E-state index contributed by atoms with van der Waals surface area (Å²) >= 11 is 0. The number of Topliss-reactive ketones (excluding diaryl/α,β-unsaturated/α-hetero) is 1. The number of benzene rings is 2. The van der Waals surface area contributed by atoms with E-state index in [1.165, 1.54) is 16.3 Å². The third-order valence-electron chi connectivity index (χ3n) is 4.74. The molecule has 110 valence electrons. The highest BCUT2D eigenvalue weighted by molar-refractivity contribution is 6.10. The van der Waals surface area contributed by atoms with Gasteiger partial charge in [-0.05, 0) is 29.7 Å². The van der Waals surface area contributed by atoms with Gasteiger partial charge in [-0.3, -0.25) is 9.78 Å². The Labute approximate surface area is 130 Å². The number of nitrogens with zero attached hydrogens (tertiary/aromatic N) is 1. The Balaban J connectivity index is 2.16. The van der Waals surface area contributed by atoms with E-state index in [0.29, 0.717) is 6.42 Å². The van der Waals surface area contributed by atoms with Crippen LogP contribution in [0.25, 0.3) is 21.7 Å². The number of aryl methyl sites for hydroxylation is 1. The second-order valence-corrected chi connectivity index (χ2v) is 7.17. The Bertz CT molecular complexity index is 937. The lowest BCUT2D eigenvalue weighted by molar-refractivity contribution is 0.0912. The molecule has 1 heterocycles. The minimum Gasteiger partial charge on any atom is -0.294 e. The predicted octanol–water partition coefficient (Wildman–Crippen LogP) is 4.85. The fourth-order valence-electron chi connectivity index (χ4n) is 3.81. The van der Waals surface area contributed by atoms with Gasteiger partial charge in [0, 0.05) is 28.5 Å². The van der Waals surface area contributed by atoms with Gasteiger partial charge in [0.2, 0.25) is 0 Å². The number of carbonyl (C=O) groups excluding carboxylic acids is 1. The number of carbonyl (C=O) groups is 1. The number of rotatable bonds is 0. The summed E-state index contributed by atoms with van der Waals surface area (Å²) in [6.07, 6.45) is 1.55. The molecule has 2 nitrogen and oxygen atoms in total. The topological polar surface area (TPSA) is 30.0 Å². The van der Waals surface area contributed by atoms with Gasteiger partial charge < -0.3 is 0 Å². The molecule has 0 radical (unpaired) electrons. The quantitative estimate of drug-likeness (QED) is 0.554. The molecule has 0 atom stereocenters. The van der Waals surface area contributed by atoms with Gasteiger partial charge in [0.05, 0.1) is 5.52 Å². The van der Waals surface area contributed by atoms with Crippen LogP contribution in [0.2, 0.25) is 0 Å². The van der Waals surface area contributed by atoms with E-state index in [4.69, 9.17) is 4.98 Å². The second-order valence-electron chi connectivity index (χ2n) is 7.17. The molecule has 0 amide bonds. The number of aromatic nitrogens is 1. The fraction of sp³-hybridized carbons (Fsp3) is 0.300. The molecule has 4 rings (SSSR count). The smallest absolute Gasteiger partial charge is 0.165 e. The minimum absolute atomic E-state index is 0.0243. The summed E-state index contributed by atoms with van der Waals surface area (Å²) in [5.41, 5.74) is 3.98. The fourth-order valence-corrected chi connectivity index (χ4v) is 3.81. The predicted molar refractivity (Wildman–Crippen MR) is 90.4 cm³/mol. The lowest BCUT2D eigenvalue weighted by Crippen LogP contribution is -2.28. The van der Waals surface area contributed by atoms with Gasteiger partial charge in [0.15, 0.2) is 5.78 Å². The molecule has 2 heteroatoms. The standard InChI is InChI=1S/C20H19NO/c1-12-18-16(10-20(2,3)11-17(18)22)15-9-8-13-6-4-5-7-14(13)19(15)21-12/h4-9H,10-11H2,1-3H3. The van der Waals surface area contributed by atoms with E-state index >= 15 is 0 Å². The maximum absolute atomic E-state index is 12.6. The maximum atomic E-state index is 12.6. The van der Waals surface area contributed by atoms with E-state index in [-0.39, 0.29) is 11.2 Å². The summed E-state index contributed by atoms with van der Waals surface area (Å²) in [6, 6.07) is 12.6. The first-order valence-corrected chi connectivity index (χ1v) is 7.80. The molecule has 1 aromatic heterocycles. The zero-order valence-corrected chi connectivity index (χ0v) is 13.2. The molecule has 0 aliphatic heterocycles. The van der Waals surface area contributed by atoms with Gasteiger partial charge in [0.25, 0.3) is 0 Å². The largest absolute Gasteiger partial charge is 0.294 e. The Kier molecular flexibility index (Phi) is 2.68. The Morgan fingerprint density at radius 1 is 1.00 bits per heavy atom. The van der Waals surface area contributed by atoms with Crippen molar-refractivity contribution in [3.05, 3.63) is 53.2 Å². The molecule has 0 bridgehead atoms. The molecular formula is C20H19NO. The number of hydrogen-bond donors (Lipinski definition) is 0. The van der Waals surface area contributed by atoms with Crippen LogP contribution in [0.15, 0.2) is 36.4 Å². The lowest BCUT2D eigenvalue weighted by Gasteiger charge is -2.31. The molecule has 0 saturated carbocycles. The molecule has 2 aromatic carbocycles. The van der Waals surface area contributed by atoms with Crippen molar-refractivity contribution in [1.29, 1.82) is 0 Å². The summed E-state index contributed by atoms with van der Waals surface area (Å²) in [4.78, 5) is 17.4. The highest BCUT2D eigenvalue weighted by Gasteiger charge is 2.33. The van der Waals surface area contributed by atoms with Crippen LogP contribution in [-0.4, -0.2) is 10.8 Å². The van der Waals surface area contributed by atoms with Crippen molar-refractivity contribution in [2.45, 2.75) is 33.6 Å². The molecule has 0 N–H and O–H groups in total. The van der Waals surface area contributed by atoms with Crippen LogP contribution in [0.1, 0.15) is 41.9 Å². The molecule has 0 fully saturated rings. The van der Waals surface area contributed by atoms with Crippen LogP contribution in [0.3, 0.4) is 0 Å². The zero-order chi connectivity index (χ0) is 15.5. The molecule has 3 aromatic rings. The van der Waals surface area contributed by atoms with E-state index in [2.05, 4.69) is 38.1 Å². The number of pyridine rings is 1. The Morgan fingerprint density at radius 3 is 2.59 bits per heavy atom. The monoisotopic (exact) mass is 289 g/mol. The molecule has 1 aliphatic carbocycles. The first kappa shape index (κ1) is 13.4. The average molecular weight is 289 g/mol. The normalized spacial score (nSPS) is 17.0. The van der Waals surface area contributed by atoms with Crippen LogP contribution in [-0.2, 0) is 6.42 Å². The molecular weight excluding hydrogens is 270 g/mol. The molecule has 0 unspecified atom stereocenters. The van der Waals surface area contributed by atoms with E-state index in [0.717, 1.165) is 28.6 Å². The SMILES string of the molecule is Cc1nc2c(ccc3ccccc32)c2c1C(=O)CC(C)(C)C2. The summed E-state index contributed by atoms with van der Waals surface area (Å²) in [7, 11) is 0. The van der Waals surface area contributed by atoms with Crippen molar-refractivity contribution < 1.29 is 4.79 Å². The van der Waals surface area contributed by atoms with Crippen molar-refractivity contribution in [2.24, 2.45) is 5.41 Å². The van der Waals surface area contributed by atoms with Crippen LogP contribution in [0.4, 0.5) is 0 Å². The first-order chi connectivity index (χ1) is 10.5. The summed E-state index contributed by atoms with van der Waals surface area (Å²) < 4.78 is 0. The van der Waals surface area contributed by atoms with Gasteiger partial charge in [-0.1, -0.05) is 50.2 Å². The number of fused-ring (bicyclic) bond motifs is 5. The van der Waals surface area contributed by atoms with Gasteiger partial charge in [-0.15, -0.1) is 0 Å². The highest BCUT2D eigenvalue weighted by atomic mass is 16.1. The number of hydrogen-bond acceptors (Lipinski definition) is 2. The summed E-state index contributed by atoms with van der Waals surface area (Å²) in [6.45, 7) is 6.32. The average Bonchev–Trinajstić information content (AvgIpc) is 2.45. The summed E-state index contributed by atoms with van der Waals surface area (Å²) in [5.74, 6) is 0.242.